The third-order valence-electron chi connectivity index (χ3n) is 10.4. The monoisotopic (exact) mass is 955 g/mol. The van der Waals surface area contributed by atoms with E-state index in [-0.39, 0.29) is 114 Å². The summed E-state index contributed by atoms with van der Waals surface area (Å²) in [6.07, 6.45) is 3.22. The van der Waals surface area contributed by atoms with E-state index >= 15 is 0 Å². The molecule has 7 aromatic rings. The van der Waals surface area contributed by atoms with Crippen LogP contribution in [0.4, 0.5) is 22.7 Å². The Morgan fingerprint density at radius 2 is 1.28 bits per heavy atom. The first-order valence-electron chi connectivity index (χ1n) is 23.3. The van der Waals surface area contributed by atoms with Gasteiger partial charge in [0, 0.05) is 55.6 Å². The fourth-order valence-corrected chi connectivity index (χ4v) is 7.31. The van der Waals surface area contributed by atoms with Gasteiger partial charge in [0.05, 0.1) is 11.0 Å². The van der Waals surface area contributed by atoms with E-state index < -0.39 is 5.41 Å². The van der Waals surface area contributed by atoms with Crippen LogP contribution < -0.4 is 14.5 Å². The summed E-state index contributed by atoms with van der Waals surface area (Å²) >= 11 is 0. The summed E-state index contributed by atoms with van der Waals surface area (Å²) in [7, 11) is 0. The summed E-state index contributed by atoms with van der Waals surface area (Å²) in [6.45, 7) is 27.1. The number of benzene rings is 4. The Bertz CT molecular complexity index is 3070. The summed E-state index contributed by atoms with van der Waals surface area (Å²) in [5.74, 6) is 0.745. The molecule has 0 aliphatic carbocycles. The second-order valence-corrected chi connectivity index (χ2v) is 18.9. The molecule has 1 aliphatic heterocycles. The van der Waals surface area contributed by atoms with E-state index in [1.54, 1.807) is 15.7 Å². The molecule has 0 unspecified atom stereocenters. The largest absolute Gasteiger partial charge is 0.493 e. The molecule has 0 atom stereocenters. The molecule has 0 amide bonds. The Balaban J connectivity index is 0.00000648. The van der Waals surface area contributed by atoms with Crippen molar-refractivity contribution < 1.29 is 36.8 Å². The van der Waals surface area contributed by atoms with Crippen molar-refractivity contribution in [1.29, 1.82) is 0 Å². The molecule has 0 saturated carbocycles. The van der Waals surface area contributed by atoms with Crippen LogP contribution in [0.25, 0.3) is 27.6 Å². The van der Waals surface area contributed by atoms with Gasteiger partial charge in [0.25, 0.3) is 0 Å². The number of rotatable bonds is 5. The van der Waals surface area contributed by atoms with Crippen molar-refractivity contribution in [3.63, 3.8) is 0 Å². The maximum atomic E-state index is 9.33. The van der Waals surface area contributed by atoms with Crippen molar-refractivity contribution in [1.82, 2.24) is 14.5 Å². The van der Waals surface area contributed by atoms with Gasteiger partial charge in [-0.3, -0.25) is 4.98 Å². The predicted octanol–water partition coefficient (Wildman–Crippen LogP) is 13.6. The van der Waals surface area contributed by atoms with Crippen LogP contribution in [-0.2, 0) is 42.7 Å². The molecule has 4 aromatic carbocycles. The number of aromatic nitrogens is 3. The van der Waals surface area contributed by atoms with Gasteiger partial charge in [0.15, 0.2) is 0 Å². The molecule has 0 N–H and O–H groups in total. The van der Waals surface area contributed by atoms with Crippen molar-refractivity contribution in [2.75, 3.05) is 9.80 Å². The summed E-state index contributed by atoms with van der Waals surface area (Å²) in [6, 6.07) is 18.3. The second kappa shape index (κ2) is 14.7. The first-order chi connectivity index (χ1) is 30.1. The second-order valence-electron chi connectivity index (χ2n) is 18.9. The quantitative estimate of drug-likeness (QED) is 0.161. The molecular weight excluding hydrogens is 894 g/mol. The Kier molecular flexibility index (Phi) is 8.11. The van der Waals surface area contributed by atoms with E-state index in [4.69, 9.17) is 17.9 Å². The molecule has 6 nitrogen and oxygen atoms in total. The van der Waals surface area contributed by atoms with Crippen molar-refractivity contribution in [2.45, 2.75) is 105 Å². The third-order valence-corrected chi connectivity index (χ3v) is 10.4. The molecule has 0 spiro atoms. The molecule has 0 saturated heterocycles. The Morgan fingerprint density at radius 3 is 1.91 bits per heavy atom. The smallest absolute Gasteiger partial charge is 0.134 e. The minimum Gasteiger partial charge on any atom is -0.493 e. The summed E-state index contributed by atoms with van der Waals surface area (Å²) < 4.78 is 79.7. The normalized spacial score (nSPS) is 15.5. The maximum Gasteiger partial charge on any atom is 0.134 e. The van der Waals surface area contributed by atoms with Crippen LogP contribution >= 0.6 is 0 Å². The molecule has 1 aliphatic rings. The van der Waals surface area contributed by atoms with Crippen LogP contribution in [0.3, 0.4) is 0 Å². The molecule has 3 aromatic heterocycles. The average Bonchev–Trinajstić information content (AvgIpc) is 3.79. The van der Waals surface area contributed by atoms with E-state index in [9.17, 15) is 2.74 Å². The van der Waals surface area contributed by atoms with E-state index in [1.807, 2.05) is 41.9 Å². The predicted molar refractivity (Wildman–Crippen MR) is 237 cm³/mol. The molecule has 302 valence electrons. The molecule has 7 heteroatoms. The molecular formula is C51H54N5OPt-3. The Labute approximate surface area is 370 Å². The van der Waals surface area contributed by atoms with Gasteiger partial charge in [0.2, 0.25) is 0 Å². The molecule has 0 radical (unpaired) electrons. The van der Waals surface area contributed by atoms with Crippen molar-refractivity contribution >= 4 is 44.6 Å². The number of ether oxygens (including phenoxy) is 1. The standard InChI is InChI=1S/C51H54N5O.Pt/c1-48(2,3)33-24-25-52-45(28-33)56-41-21-14-13-18-37(41)38-31-53-46(30-44(38)56)57-36-27-34(49(4,5)6)26-35(29-36)54-32-55(43-23-16-15-22-42(43)54)47-39(50(7,8)9)19-17-20-40(47)51(10,11)12;/h13-28,31-32H,1-12H3;/q-3;/i13D,14D,15D,16D,18D,21D,22D,23D;. The van der Waals surface area contributed by atoms with E-state index in [0.717, 1.165) is 27.9 Å². The van der Waals surface area contributed by atoms with Gasteiger partial charge >= 0.3 is 0 Å². The van der Waals surface area contributed by atoms with Gasteiger partial charge in [-0.25, -0.2) is 4.98 Å². The Hall–Kier alpha value is -4.93. The molecule has 4 heterocycles. The van der Waals surface area contributed by atoms with Gasteiger partial charge in [-0.15, -0.1) is 47.0 Å². The van der Waals surface area contributed by atoms with Crippen LogP contribution in [0, 0.1) is 18.8 Å². The van der Waals surface area contributed by atoms with Crippen molar-refractivity contribution in [3.05, 3.63) is 144 Å². The van der Waals surface area contributed by atoms with Gasteiger partial charge < -0.3 is 19.1 Å². The van der Waals surface area contributed by atoms with Crippen molar-refractivity contribution in [2.24, 2.45) is 0 Å². The first-order valence-corrected chi connectivity index (χ1v) is 19.3. The molecule has 0 bridgehead atoms. The van der Waals surface area contributed by atoms with Crippen LogP contribution in [0.1, 0.15) is 116 Å². The molecule has 8 rings (SSSR count). The number of nitrogens with zero attached hydrogens (tertiary/aromatic N) is 5. The fourth-order valence-electron chi connectivity index (χ4n) is 7.31. The van der Waals surface area contributed by atoms with Crippen LogP contribution in [0.5, 0.6) is 11.6 Å². The number of anilines is 4. The van der Waals surface area contributed by atoms with E-state index in [1.165, 1.54) is 6.20 Å². The summed E-state index contributed by atoms with van der Waals surface area (Å²) in [5.41, 5.74) is 5.06. The Morgan fingerprint density at radius 1 is 0.655 bits per heavy atom. The van der Waals surface area contributed by atoms with Gasteiger partial charge in [0.1, 0.15) is 11.7 Å². The zero-order chi connectivity index (χ0) is 47.6. The summed E-state index contributed by atoms with van der Waals surface area (Å²) in [4.78, 5) is 13.0. The fraction of sp³-hybridized carbons (Fsp3) is 0.314. The minimum absolute atomic E-state index is 0. The van der Waals surface area contributed by atoms with Crippen LogP contribution in [0.15, 0.2) is 103 Å². The first kappa shape index (κ1) is 32.0. The zero-order valence-corrected chi connectivity index (χ0v) is 37.5. The van der Waals surface area contributed by atoms with Gasteiger partial charge in [-0.1, -0.05) is 137 Å². The number of hydrogen-bond acceptors (Lipinski definition) is 5. The van der Waals surface area contributed by atoms with Gasteiger partial charge in [-0.2, -0.15) is 6.07 Å². The molecule has 0 fully saturated rings. The van der Waals surface area contributed by atoms with Crippen molar-refractivity contribution in [3.8, 4) is 17.4 Å². The van der Waals surface area contributed by atoms with E-state index in [0.29, 0.717) is 28.1 Å². The van der Waals surface area contributed by atoms with Crippen LogP contribution in [-0.4, -0.2) is 14.5 Å². The number of pyridine rings is 2. The van der Waals surface area contributed by atoms with Gasteiger partial charge in [-0.05, 0) is 74.8 Å². The van der Waals surface area contributed by atoms with E-state index in [2.05, 4.69) is 112 Å². The number of hydrogen-bond donors (Lipinski definition) is 0. The molecule has 58 heavy (non-hydrogen) atoms. The average molecular weight is 956 g/mol. The maximum absolute atomic E-state index is 9.33. The number of fused-ring (bicyclic) bond motifs is 4. The topological polar surface area (TPSA) is 46.4 Å². The van der Waals surface area contributed by atoms with Crippen LogP contribution in [0.2, 0.25) is 0 Å². The number of para-hydroxylation sites is 4. The zero-order valence-electron chi connectivity index (χ0n) is 43.2. The minimum atomic E-state index is -0.424. The third kappa shape index (κ3) is 7.57. The SMILES string of the molecule is [2H]c1c([2H])c([2H])c2c(c1[2H])N(c1[c-]c(Oc3[c-]c4c(cn3)c3c([2H])c([2H])c([2H])c([2H])c3n4-c3cc(C(C)(C)C)ccn3)cc(C(C)(C)C)c1)[CH-]N2c1c(C(C)(C)C)cccc1C(C)(C)C.[Pt]. The summed E-state index contributed by atoms with van der Waals surface area (Å²) in [5, 5.41) is 0.728.